The van der Waals surface area contributed by atoms with Crippen LogP contribution in [0.3, 0.4) is 0 Å². The van der Waals surface area contributed by atoms with Crippen molar-refractivity contribution in [3.8, 4) is 11.4 Å². The predicted molar refractivity (Wildman–Crippen MR) is 87.6 cm³/mol. The van der Waals surface area contributed by atoms with E-state index in [0.717, 1.165) is 37.9 Å². The quantitative estimate of drug-likeness (QED) is 0.867. The molecule has 122 valence electrons. The zero-order valence-electron chi connectivity index (χ0n) is 13.8. The minimum Gasteiger partial charge on any atom is -0.341 e. The van der Waals surface area contributed by atoms with Gasteiger partial charge in [0.05, 0.1) is 0 Å². The van der Waals surface area contributed by atoms with Crippen LogP contribution in [0.15, 0.2) is 24.3 Å². The highest BCUT2D eigenvalue weighted by Crippen LogP contribution is 2.17. The maximum atomic E-state index is 12.3. The summed E-state index contributed by atoms with van der Waals surface area (Å²) in [5.74, 6) is 1.34. The van der Waals surface area contributed by atoms with E-state index in [1.807, 2.05) is 17.0 Å². The van der Waals surface area contributed by atoms with Crippen molar-refractivity contribution in [1.29, 1.82) is 0 Å². The molecule has 0 N–H and O–H groups in total. The standard InChI is InChI=1S/C17H23N5O/c1-3-14-4-6-15(7-5-14)17-18-20-22(19-17)12-16(23)21-10-8-13(2)9-11-21/h4-7,13H,3,8-12H2,1-2H3. The summed E-state index contributed by atoms with van der Waals surface area (Å²) < 4.78 is 0. The number of piperidine rings is 1. The first-order chi connectivity index (χ1) is 11.2. The van der Waals surface area contributed by atoms with Gasteiger partial charge in [0.25, 0.3) is 0 Å². The van der Waals surface area contributed by atoms with Crippen molar-refractivity contribution in [2.75, 3.05) is 13.1 Å². The fourth-order valence-electron chi connectivity index (χ4n) is 2.79. The Morgan fingerprint density at radius 1 is 1.22 bits per heavy atom. The number of likely N-dealkylation sites (tertiary alicyclic amines) is 1. The Morgan fingerprint density at radius 3 is 2.57 bits per heavy atom. The second-order valence-corrected chi connectivity index (χ2v) is 6.26. The van der Waals surface area contributed by atoms with E-state index in [0.29, 0.717) is 11.7 Å². The van der Waals surface area contributed by atoms with Gasteiger partial charge in [0.15, 0.2) is 0 Å². The highest BCUT2D eigenvalue weighted by atomic mass is 16.2. The molecule has 1 aliphatic rings. The second kappa shape index (κ2) is 6.89. The number of rotatable bonds is 4. The molecule has 1 aliphatic heterocycles. The SMILES string of the molecule is CCc1ccc(-c2nnn(CC(=O)N3CCC(C)CC3)n2)cc1. The van der Waals surface area contributed by atoms with Gasteiger partial charge in [-0.1, -0.05) is 38.1 Å². The van der Waals surface area contributed by atoms with E-state index in [1.165, 1.54) is 10.4 Å². The summed E-state index contributed by atoms with van der Waals surface area (Å²) in [5, 5.41) is 12.4. The Balaban J connectivity index is 1.63. The molecule has 1 fully saturated rings. The van der Waals surface area contributed by atoms with Crippen molar-refractivity contribution in [3.63, 3.8) is 0 Å². The van der Waals surface area contributed by atoms with Crippen molar-refractivity contribution in [3.05, 3.63) is 29.8 Å². The van der Waals surface area contributed by atoms with Gasteiger partial charge >= 0.3 is 0 Å². The fraction of sp³-hybridized carbons (Fsp3) is 0.529. The highest BCUT2D eigenvalue weighted by molar-refractivity contribution is 5.75. The summed E-state index contributed by atoms with van der Waals surface area (Å²) >= 11 is 0. The van der Waals surface area contributed by atoms with Crippen molar-refractivity contribution in [2.24, 2.45) is 5.92 Å². The molecule has 0 unspecified atom stereocenters. The van der Waals surface area contributed by atoms with Gasteiger partial charge in [-0.2, -0.15) is 4.80 Å². The molecule has 0 radical (unpaired) electrons. The Bertz CT molecular complexity index is 656. The van der Waals surface area contributed by atoms with Crippen LogP contribution >= 0.6 is 0 Å². The minimum atomic E-state index is 0.0715. The second-order valence-electron chi connectivity index (χ2n) is 6.26. The van der Waals surface area contributed by atoms with Crippen LogP contribution < -0.4 is 0 Å². The molecule has 2 aromatic rings. The van der Waals surface area contributed by atoms with E-state index in [-0.39, 0.29) is 12.5 Å². The van der Waals surface area contributed by atoms with E-state index < -0.39 is 0 Å². The molecule has 6 nitrogen and oxygen atoms in total. The summed E-state index contributed by atoms with van der Waals surface area (Å²) in [6.45, 7) is 6.18. The van der Waals surface area contributed by atoms with Crippen molar-refractivity contribution in [2.45, 2.75) is 39.7 Å². The molecule has 1 aromatic carbocycles. The molecule has 6 heteroatoms. The molecule has 1 aromatic heterocycles. The lowest BCUT2D eigenvalue weighted by Crippen LogP contribution is -2.40. The summed E-state index contributed by atoms with van der Waals surface area (Å²) in [6.07, 6.45) is 3.15. The third kappa shape index (κ3) is 3.75. The van der Waals surface area contributed by atoms with Gasteiger partial charge in [0, 0.05) is 18.7 Å². The summed E-state index contributed by atoms with van der Waals surface area (Å²) in [4.78, 5) is 15.6. The van der Waals surface area contributed by atoms with E-state index >= 15 is 0 Å². The fourth-order valence-corrected chi connectivity index (χ4v) is 2.79. The van der Waals surface area contributed by atoms with Crippen molar-refractivity contribution < 1.29 is 4.79 Å². The molecule has 0 spiro atoms. The average Bonchev–Trinajstić information content (AvgIpc) is 3.04. The molecule has 1 amide bonds. The maximum Gasteiger partial charge on any atom is 0.246 e. The molecule has 0 atom stereocenters. The Morgan fingerprint density at radius 2 is 1.91 bits per heavy atom. The van der Waals surface area contributed by atoms with E-state index in [4.69, 9.17) is 0 Å². The number of carbonyl (C=O) groups excluding carboxylic acids is 1. The van der Waals surface area contributed by atoms with Gasteiger partial charge in [0.2, 0.25) is 11.7 Å². The summed E-state index contributed by atoms with van der Waals surface area (Å²) in [7, 11) is 0. The first-order valence-electron chi connectivity index (χ1n) is 8.30. The molecule has 23 heavy (non-hydrogen) atoms. The lowest BCUT2D eigenvalue weighted by atomic mass is 9.99. The molecule has 3 rings (SSSR count). The minimum absolute atomic E-state index is 0.0715. The van der Waals surface area contributed by atoms with Gasteiger partial charge in [-0.25, -0.2) is 0 Å². The van der Waals surface area contributed by atoms with Crippen LogP contribution in [0.1, 0.15) is 32.3 Å². The van der Waals surface area contributed by atoms with Crippen LogP contribution in [-0.2, 0) is 17.8 Å². The molecular formula is C17H23N5O. The number of hydrogen-bond acceptors (Lipinski definition) is 4. The van der Waals surface area contributed by atoms with Gasteiger partial charge in [-0.15, -0.1) is 10.2 Å². The number of nitrogens with zero attached hydrogens (tertiary/aromatic N) is 5. The Labute approximate surface area is 136 Å². The number of tetrazole rings is 1. The summed E-state index contributed by atoms with van der Waals surface area (Å²) in [6, 6.07) is 8.12. The molecule has 2 heterocycles. The van der Waals surface area contributed by atoms with Crippen molar-refractivity contribution >= 4 is 5.91 Å². The number of hydrogen-bond donors (Lipinski definition) is 0. The average molecular weight is 313 g/mol. The third-order valence-electron chi connectivity index (χ3n) is 4.49. The zero-order chi connectivity index (χ0) is 16.2. The number of aromatic nitrogens is 4. The predicted octanol–water partition coefficient (Wildman–Crippen LogP) is 2.16. The molecule has 0 saturated carbocycles. The number of amides is 1. The van der Waals surface area contributed by atoms with Gasteiger partial charge in [-0.3, -0.25) is 4.79 Å². The van der Waals surface area contributed by atoms with Crippen LogP contribution in [0.5, 0.6) is 0 Å². The van der Waals surface area contributed by atoms with Gasteiger partial charge in [-0.05, 0) is 36.0 Å². The van der Waals surface area contributed by atoms with E-state index in [9.17, 15) is 4.79 Å². The van der Waals surface area contributed by atoms with Gasteiger partial charge in [0.1, 0.15) is 6.54 Å². The Hall–Kier alpha value is -2.24. The van der Waals surface area contributed by atoms with Crippen LogP contribution in [0.25, 0.3) is 11.4 Å². The van der Waals surface area contributed by atoms with Crippen LogP contribution in [0, 0.1) is 5.92 Å². The normalized spacial score (nSPS) is 15.8. The number of benzene rings is 1. The molecule has 0 aliphatic carbocycles. The van der Waals surface area contributed by atoms with E-state index in [2.05, 4.69) is 41.4 Å². The van der Waals surface area contributed by atoms with Crippen LogP contribution in [0.2, 0.25) is 0 Å². The number of carbonyl (C=O) groups is 1. The first kappa shape index (κ1) is 15.6. The summed E-state index contributed by atoms with van der Waals surface area (Å²) in [5.41, 5.74) is 2.20. The monoisotopic (exact) mass is 313 g/mol. The first-order valence-corrected chi connectivity index (χ1v) is 8.30. The molecule has 1 saturated heterocycles. The lowest BCUT2D eigenvalue weighted by molar-refractivity contribution is -0.133. The zero-order valence-corrected chi connectivity index (χ0v) is 13.8. The van der Waals surface area contributed by atoms with Gasteiger partial charge < -0.3 is 4.90 Å². The lowest BCUT2D eigenvalue weighted by Gasteiger charge is -2.30. The Kier molecular flexibility index (Phi) is 4.69. The largest absolute Gasteiger partial charge is 0.341 e. The number of aryl methyl sites for hydroxylation is 1. The van der Waals surface area contributed by atoms with Crippen LogP contribution in [-0.4, -0.2) is 44.1 Å². The van der Waals surface area contributed by atoms with E-state index in [1.54, 1.807) is 0 Å². The molecule has 0 bridgehead atoms. The smallest absolute Gasteiger partial charge is 0.246 e. The molecular weight excluding hydrogens is 290 g/mol. The van der Waals surface area contributed by atoms with Crippen molar-refractivity contribution in [1.82, 2.24) is 25.1 Å². The topological polar surface area (TPSA) is 63.9 Å². The van der Waals surface area contributed by atoms with Crippen LogP contribution in [0.4, 0.5) is 0 Å². The third-order valence-corrected chi connectivity index (χ3v) is 4.49. The maximum absolute atomic E-state index is 12.3. The highest BCUT2D eigenvalue weighted by Gasteiger charge is 2.21.